The minimum atomic E-state index is -0.875. The maximum atomic E-state index is 11.8. The predicted octanol–water partition coefficient (Wildman–Crippen LogP) is 0.204. The largest absolute Gasteiger partial charge is 0.480 e. The Balaban J connectivity index is 1.87. The molecule has 2 aliphatic rings. The van der Waals surface area contributed by atoms with Gasteiger partial charge in [0.2, 0.25) is 5.91 Å². The van der Waals surface area contributed by atoms with E-state index in [1.165, 1.54) is 4.90 Å². The molecule has 1 amide bonds. The first kappa shape index (κ1) is 11.4. The Bertz CT molecular complexity index is 289. The summed E-state index contributed by atoms with van der Waals surface area (Å²) < 4.78 is 0. The molecule has 1 saturated carbocycles. The molecule has 1 heterocycles. The lowest BCUT2D eigenvalue weighted by atomic mass is 10.0. The van der Waals surface area contributed by atoms with Crippen molar-refractivity contribution in [2.45, 2.75) is 44.2 Å². The van der Waals surface area contributed by atoms with E-state index in [1.54, 1.807) is 0 Å². The quantitative estimate of drug-likeness (QED) is 0.718. The smallest absolute Gasteiger partial charge is 0.326 e. The van der Waals surface area contributed by atoms with Gasteiger partial charge in [0, 0.05) is 12.6 Å². The fraction of sp³-hybridized carbons (Fsp3) is 0.818. The molecule has 90 valence electrons. The van der Waals surface area contributed by atoms with Crippen molar-refractivity contribution in [3.63, 3.8) is 0 Å². The van der Waals surface area contributed by atoms with E-state index in [4.69, 9.17) is 5.11 Å². The summed E-state index contributed by atoms with van der Waals surface area (Å²) in [5.41, 5.74) is 0. The molecular formula is C11H18N2O3. The van der Waals surface area contributed by atoms with Gasteiger partial charge in [-0.2, -0.15) is 0 Å². The first-order chi connectivity index (χ1) is 7.68. The predicted molar refractivity (Wildman–Crippen MR) is 58.0 cm³/mol. The number of hydrogen-bond donors (Lipinski definition) is 2. The summed E-state index contributed by atoms with van der Waals surface area (Å²) in [6.07, 6.45) is 4.67. The number of carboxylic acid groups (broad SMARTS) is 1. The highest BCUT2D eigenvalue weighted by molar-refractivity contribution is 5.85. The molecule has 0 aromatic heterocycles. The zero-order chi connectivity index (χ0) is 11.5. The van der Waals surface area contributed by atoms with Gasteiger partial charge >= 0.3 is 5.97 Å². The molecule has 0 bridgehead atoms. The summed E-state index contributed by atoms with van der Waals surface area (Å²) in [7, 11) is 0. The summed E-state index contributed by atoms with van der Waals surface area (Å²) in [5.74, 6) is -0.946. The number of rotatable bonds is 4. The lowest BCUT2D eigenvalue weighted by molar-refractivity contribution is -0.151. The van der Waals surface area contributed by atoms with Crippen LogP contribution in [0.3, 0.4) is 0 Å². The van der Waals surface area contributed by atoms with Crippen molar-refractivity contribution >= 4 is 11.9 Å². The van der Waals surface area contributed by atoms with Gasteiger partial charge in [0.25, 0.3) is 0 Å². The molecule has 0 aromatic carbocycles. The van der Waals surface area contributed by atoms with E-state index in [1.807, 2.05) is 0 Å². The van der Waals surface area contributed by atoms with E-state index in [0.717, 1.165) is 25.7 Å². The highest BCUT2D eigenvalue weighted by Gasteiger charge is 2.32. The molecule has 1 unspecified atom stereocenters. The number of likely N-dealkylation sites (tertiary alicyclic amines) is 1. The topological polar surface area (TPSA) is 69.6 Å². The molecule has 0 spiro atoms. The lowest BCUT2D eigenvalue weighted by Crippen LogP contribution is -2.50. The van der Waals surface area contributed by atoms with Crippen molar-refractivity contribution in [2.24, 2.45) is 0 Å². The number of carboxylic acids is 1. The number of nitrogens with one attached hydrogen (secondary N) is 1. The normalized spacial score (nSPS) is 25.5. The Labute approximate surface area is 94.8 Å². The summed E-state index contributed by atoms with van der Waals surface area (Å²) in [5, 5.41) is 12.2. The van der Waals surface area contributed by atoms with Gasteiger partial charge in [-0.15, -0.1) is 0 Å². The Hall–Kier alpha value is -1.10. The molecule has 16 heavy (non-hydrogen) atoms. The molecule has 0 aromatic rings. The molecule has 2 fully saturated rings. The van der Waals surface area contributed by atoms with Crippen LogP contribution in [0.4, 0.5) is 0 Å². The lowest BCUT2D eigenvalue weighted by Gasteiger charge is -2.33. The van der Waals surface area contributed by atoms with Gasteiger partial charge in [0.1, 0.15) is 6.04 Å². The van der Waals surface area contributed by atoms with Crippen LogP contribution in [-0.4, -0.2) is 47.1 Å². The molecule has 1 atom stereocenters. The highest BCUT2D eigenvalue weighted by Crippen LogP contribution is 2.20. The maximum Gasteiger partial charge on any atom is 0.326 e. The van der Waals surface area contributed by atoms with Crippen LogP contribution in [-0.2, 0) is 9.59 Å². The molecule has 5 nitrogen and oxygen atoms in total. The van der Waals surface area contributed by atoms with E-state index in [2.05, 4.69) is 5.32 Å². The Morgan fingerprint density at radius 2 is 2.00 bits per heavy atom. The summed E-state index contributed by atoms with van der Waals surface area (Å²) in [6.45, 7) is 0.872. The van der Waals surface area contributed by atoms with Crippen molar-refractivity contribution in [3.05, 3.63) is 0 Å². The third-order valence-electron chi connectivity index (χ3n) is 3.23. The first-order valence-electron chi connectivity index (χ1n) is 5.94. The molecule has 0 radical (unpaired) electrons. The Kier molecular flexibility index (Phi) is 3.43. The van der Waals surface area contributed by atoms with Crippen LogP contribution in [0.25, 0.3) is 0 Å². The molecule has 2 rings (SSSR count). The molecule has 1 aliphatic heterocycles. The van der Waals surface area contributed by atoms with E-state index in [-0.39, 0.29) is 12.5 Å². The molecule has 1 aliphatic carbocycles. The second-order valence-electron chi connectivity index (χ2n) is 4.59. The monoisotopic (exact) mass is 226 g/mol. The summed E-state index contributed by atoms with van der Waals surface area (Å²) >= 11 is 0. The first-order valence-corrected chi connectivity index (χ1v) is 5.94. The number of piperidine rings is 1. The van der Waals surface area contributed by atoms with E-state index >= 15 is 0 Å². The van der Waals surface area contributed by atoms with Crippen LogP contribution in [0.5, 0.6) is 0 Å². The molecule has 5 heteroatoms. The SMILES string of the molecule is O=C(O)C1CCCCN1C(=O)CNC1CC1. The van der Waals surface area contributed by atoms with E-state index in [9.17, 15) is 9.59 Å². The van der Waals surface area contributed by atoms with Crippen molar-refractivity contribution < 1.29 is 14.7 Å². The number of carbonyl (C=O) groups is 2. The highest BCUT2D eigenvalue weighted by atomic mass is 16.4. The van der Waals surface area contributed by atoms with Crippen molar-refractivity contribution in [1.82, 2.24) is 10.2 Å². The molecule has 1 saturated heterocycles. The van der Waals surface area contributed by atoms with Gasteiger partial charge in [-0.25, -0.2) is 4.79 Å². The summed E-state index contributed by atoms with van der Waals surface area (Å²) in [6, 6.07) is -0.126. The van der Waals surface area contributed by atoms with Gasteiger partial charge in [0.05, 0.1) is 6.54 Å². The fourth-order valence-electron chi connectivity index (χ4n) is 2.11. The van der Waals surface area contributed by atoms with Gasteiger partial charge in [-0.1, -0.05) is 0 Å². The standard InChI is InChI=1S/C11H18N2O3/c14-10(7-12-8-4-5-8)13-6-2-1-3-9(13)11(15)16/h8-9,12H,1-7H2,(H,15,16). The maximum absolute atomic E-state index is 11.8. The van der Waals surface area contributed by atoms with Crippen molar-refractivity contribution in [1.29, 1.82) is 0 Å². The molecule has 2 N–H and O–H groups in total. The number of carbonyl (C=O) groups excluding carboxylic acids is 1. The van der Waals surface area contributed by atoms with Crippen LogP contribution in [0.2, 0.25) is 0 Å². The van der Waals surface area contributed by atoms with Gasteiger partial charge < -0.3 is 15.3 Å². The van der Waals surface area contributed by atoms with Gasteiger partial charge in [-0.05, 0) is 32.1 Å². The number of aliphatic carboxylic acids is 1. The average Bonchev–Trinajstić information content (AvgIpc) is 3.09. The second-order valence-corrected chi connectivity index (χ2v) is 4.59. The zero-order valence-corrected chi connectivity index (χ0v) is 9.32. The van der Waals surface area contributed by atoms with Crippen molar-refractivity contribution in [3.8, 4) is 0 Å². The third kappa shape index (κ3) is 2.72. The zero-order valence-electron chi connectivity index (χ0n) is 9.32. The van der Waals surface area contributed by atoms with Crippen molar-refractivity contribution in [2.75, 3.05) is 13.1 Å². The number of hydrogen-bond acceptors (Lipinski definition) is 3. The number of nitrogens with zero attached hydrogens (tertiary/aromatic N) is 1. The van der Waals surface area contributed by atoms with Crippen LogP contribution in [0.1, 0.15) is 32.1 Å². The van der Waals surface area contributed by atoms with E-state index < -0.39 is 12.0 Å². The number of amides is 1. The fourth-order valence-corrected chi connectivity index (χ4v) is 2.11. The Morgan fingerprint density at radius 1 is 1.25 bits per heavy atom. The van der Waals surface area contributed by atoms with Crippen LogP contribution in [0.15, 0.2) is 0 Å². The van der Waals surface area contributed by atoms with E-state index in [0.29, 0.717) is 19.0 Å². The second kappa shape index (κ2) is 4.82. The minimum Gasteiger partial charge on any atom is -0.480 e. The van der Waals surface area contributed by atoms with Crippen LogP contribution in [0, 0.1) is 0 Å². The van der Waals surface area contributed by atoms with Crippen LogP contribution < -0.4 is 5.32 Å². The minimum absolute atomic E-state index is 0.0704. The van der Waals surface area contributed by atoms with Gasteiger partial charge in [0.15, 0.2) is 0 Å². The Morgan fingerprint density at radius 3 is 2.62 bits per heavy atom. The van der Waals surface area contributed by atoms with Crippen LogP contribution >= 0.6 is 0 Å². The van der Waals surface area contributed by atoms with Gasteiger partial charge in [-0.3, -0.25) is 4.79 Å². The molecular weight excluding hydrogens is 208 g/mol. The average molecular weight is 226 g/mol. The summed E-state index contributed by atoms with van der Waals surface area (Å²) in [4.78, 5) is 24.4. The third-order valence-corrected chi connectivity index (χ3v) is 3.23.